The Morgan fingerprint density at radius 3 is 2.35 bits per heavy atom. The monoisotopic (exact) mass is 584 g/mol. The summed E-state index contributed by atoms with van der Waals surface area (Å²) >= 11 is 0. The van der Waals surface area contributed by atoms with Crippen LogP contribution in [0.25, 0.3) is 0 Å². The lowest BCUT2D eigenvalue weighted by atomic mass is 9.75. The van der Waals surface area contributed by atoms with Gasteiger partial charge in [-0.05, 0) is 66.6 Å². The number of aryl methyl sites for hydroxylation is 1. The minimum absolute atomic E-state index is 0.00402. The molecule has 6 rings (SSSR count). The lowest BCUT2D eigenvalue weighted by Crippen LogP contribution is -2.68. The van der Waals surface area contributed by atoms with Crippen LogP contribution in [0.5, 0.6) is 11.5 Å². The first kappa shape index (κ1) is 28.7. The number of methoxy groups -OCH3 is 2. The number of ether oxygens (including phenoxy) is 2. The number of urea groups is 1. The third kappa shape index (κ3) is 5.09. The Bertz CT molecular complexity index is 1630. The highest BCUT2D eigenvalue weighted by Gasteiger charge is 2.56. The van der Waals surface area contributed by atoms with E-state index in [9.17, 15) is 19.2 Å². The van der Waals surface area contributed by atoms with Gasteiger partial charge < -0.3 is 18.9 Å². The van der Waals surface area contributed by atoms with Crippen LogP contribution in [0.1, 0.15) is 36.1 Å². The van der Waals surface area contributed by atoms with Gasteiger partial charge in [0.25, 0.3) is 11.5 Å². The third-order valence-electron chi connectivity index (χ3n) is 9.08. The molecule has 2 bridgehead atoms. The second-order valence-corrected chi connectivity index (χ2v) is 11.8. The van der Waals surface area contributed by atoms with Crippen molar-refractivity contribution in [1.82, 2.24) is 14.8 Å². The quantitative estimate of drug-likeness (QED) is 0.405. The summed E-state index contributed by atoms with van der Waals surface area (Å²) in [7, 11) is 3.08. The van der Waals surface area contributed by atoms with E-state index in [0.717, 1.165) is 29.0 Å². The van der Waals surface area contributed by atoms with E-state index in [1.54, 1.807) is 43.5 Å². The first-order chi connectivity index (χ1) is 20.8. The van der Waals surface area contributed by atoms with Crippen molar-refractivity contribution in [3.63, 3.8) is 0 Å². The average molecular weight is 585 g/mol. The fourth-order valence-corrected chi connectivity index (χ4v) is 6.99. The first-order valence-corrected chi connectivity index (χ1v) is 14.7. The number of pyridine rings is 1. The number of imide groups is 2. The second kappa shape index (κ2) is 11.3. The number of amides is 4. The van der Waals surface area contributed by atoms with Crippen LogP contribution in [0.2, 0.25) is 0 Å². The molecule has 4 heterocycles. The van der Waals surface area contributed by atoms with E-state index in [2.05, 4.69) is 10.2 Å². The lowest BCUT2D eigenvalue weighted by Gasteiger charge is -2.47. The summed E-state index contributed by atoms with van der Waals surface area (Å²) in [6, 6.07) is 17.2. The topological polar surface area (TPSA) is 110 Å². The Labute approximate surface area is 250 Å². The number of likely N-dealkylation sites (tertiary alicyclic amines) is 1. The molecule has 2 fully saturated rings. The first-order valence-electron chi connectivity index (χ1n) is 14.7. The summed E-state index contributed by atoms with van der Waals surface area (Å²) in [6.07, 6.45) is 1.81. The third-order valence-corrected chi connectivity index (χ3v) is 9.08. The number of nitrogens with zero attached hydrogens (tertiary/aromatic N) is 3. The fourth-order valence-electron chi connectivity index (χ4n) is 6.99. The highest BCUT2D eigenvalue weighted by atomic mass is 16.5. The van der Waals surface area contributed by atoms with Crippen molar-refractivity contribution < 1.29 is 23.9 Å². The van der Waals surface area contributed by atoms with Crippen molar-refractivity contribution in [1.29, 1.82) is 0 Å². The van der Waals surface area contributed by atoms with Gasteiger partial charge in [-0.3, -0.25) is 19.7 Å². The van der Waals surface area contributed by atoms with Gasteiger partial charge in [0.2, 0.25) is 5.91 Å². The average Bonchev–Trinajstić information content (AvgIpc) is 3.01. The van der Waals surface area contributed by atoms with Crippen LogP contribution in [-0.2, 0) is 29.0 Å². The second-order valence-electron chi connectivity index (χ2n) is 11.8. The molecule has 0 spiro atoms. The number of carbonyl (C=O) groups excluding carboxylic acids is 3. The van der Waals surface area contributed by atoms with E-state index in [4.69, 9.17) is 9.47 Å². The van der Waals surface area contributed by atoms with Crippen molar-refractivity contribution >= 4 is 23.5 Å². The van der Waals surface area contributed by atoms with Crippen molar-refractivity contribution in [2.75, 3.05) is 38.8 Å². The van der Waals surface area contributed by atoms with Gasteiger partial charge >= 0.3 is 6.03 Å². The Kier molecular flexibility index (Phi) is 7.56. The molecule has 2 aromatic carbocycles. The molecule has 1 N–H and O–H groups in total. The minimum Gasteiger partial charge on any atom is -0.493 e. The van der Waals surface area contributed by atoms with Crippen molar-refractivity contribution in [3.8, 4) is 11.5 Å². The van der Waals surface area contributed by atoms with Gasteiger partial charge in [0, 0.05) is 43.9 Å². The standard InChI is InChI=1S/C33H36N4O6/c1-4-21-8-11-25(12-9-21)37-31(40)33(30(39)34-32(37)41,16-22-10-13-27(42-2)28(15-22)43-3)20-35-17-23-14-24(19-35)26-6-5-7-29(38)36(26)18-23/h5-13,15,23-24H,4,14,16-20H2,1-3H3,(H,34,39,41)/t23-,24+,33+/m0/s1. The van der Waals surface area contributed by atoms with Gasteiger partial charge in [-0.2, -0.15) is 0 Å². The maximum atomic E-state index is 14.6. The van der Waals surface area contributed by atoms with Gasteiger partial charge in [-0.1, -0.05) is 31.2 Å². The van der Waals surface area contributed by atoms with Gasteiger partial charge in [-0.25, -0.2) is 9.69 Å². The normalized spacial score (nSPS) is 23.5. The summed E-state index contributed by atoms with van der Waals surface area (Å²) in [5, 5.41) is 2.51. The number of rotatable bonds is 8. The largest absolute Gasteiger partial charge is 0.493 e. The molecule has 43 heavy (non-hydrogen) atoms. The summed E-state index contributed by atoms with van der Waals surface area (Å²) < 4.78 is 12.8. The van der Waals surface area contributed by atoms with Crippen LogP contribution in [-0.4, -0.2) is 61.2 Å². The van der Waals surface area contributed by atoms with Gasteiger partial charge in [0.05, 0.1) is 19.9 Å². The Morgan fingerprint density at radius 2 is 1.63 bits per heavy atom. The molecular weight excluding hydrogens is 548 g/mol. The van der Waals surface area contributed by atoms with Crippen LogP contribution in [0.15, 0.2) is 65.5 Å². The summed E-state index contributed by atoms with van der Waals surface area (Å²) in [6.45, 7) is 3.97. The van der Waals surface area contributed by atoms with E-state index < -0.39 is 23.3 Å². The van der Waals surface area contributed by atoms with Crippen LogP contribution >= 0.6 is 0 Å². The number of nitrogens with one attached hydrogen (secondary N) is 1. The number of piperidine rings is 1. The lowest BCUT2D eigenvalue weighted by molar-refractivity contribution is -0.144. The highest BCUT2D eigenvalue weighted by Crippen LogP contribution is 2.40. The Hall–Kier alpha value is -4.44. The molecule has 3 aliphatic rings. The number of hydrogen-bond acceptors (Lipinski definition) is 7. The van der Waals surface area contributed by atoms with E-state index in [1.807, 2.05) is 35.8 Å². The minimum atomic E-state index is -1.60. The molecule has 3 aromatic rings. The molecule has 2 saturated heterocycles. The number of benzene rings is 2. The predicted octanol–water partition coefficient (Wildman–Crippen LogP) is 3.36. The Morgan fingerprint density at radius 1 is 0.884 bits per heavy atom. The fraction of sp³-hybridized carbons (Fsp3) is 0.394. The zero-order valence-electron chi connectivity index (χ0n) is 24.7. The van der Waals surface area contributed by atoms with Crippen LogP contribution in [0.4, 0.5) is 10.5 Å². The van der Waals surface area contributed by atoms with Gasteiger partial charge in [-0.15, -0.1) is 0 Å². The van der Waals surface area contributed by atoms with Gasteiger partial charge in [0.15, 0.2) is 11.5 Å². The van der Waals surface area contributed by atoms with Crippen molar-refractivity contribution in [2.45, 2.75) is 38.6 Å². The maximum absolute atomic E-state index is 14.6. The molecular formula is C33H36N4O6. The van der Waals surface area contributed by atoms with E-state index in [0.29, 0.717) is 42.4 Å². The Balaban J connectivity index is 1.39. The van der Waals surface area contributed by atoms with Crippen LogP contribution in [0, 0.1) is 11.3 Å². The molecule has 0 radical (unpaired) electrons. The summed E-state index contributed by atoms with van der Waals surface area (Å²) in [5.74, 6) is 0.131. The molecule has 3 aliphatic heterocycles. The SMILES string of the molecule is CCc1ccc(N2C(=O)NC(=O)[C@@](Cc3ccc(OC)c(OC)c3)(CN3C[C@@H]4C[C@H](C3)c3cccc(=O)n3C4)C2=O)cc1. The summed E-state index contributed by atoms with van der Waals surface area (Å²) in [4.78, 5) is 57.6. The molecule has 224 valence electrons. The molecule has 1 aromatic heterocycles. The molecule has 10 heteroatoms. The molecule has 0 aliphatic carbocycles. The zero-order valence-corrected chi connectivity index (χ0v) is 24.7. The van der Waals surface area contributed by atoms with Crippen LogP contribution in [0.3, 0.4) is 0 Å². The maximum Gasteiger partial charge on any atom is 0.335 e. The molecule has 0 saturated carbocycles. The number of aromatic nitrogens is 1. The van der Waals surface area contributed by atoms with Crippen LogP contribution < -0.4 is 25.2 Å². The number of carbonyl (C=O) groups is 3. The number of anilines is 1. The number of hydrogen-bond donors (Lipinski definition) is 1. The molecule has 3 atom stereocenters. The van der Waals surface area contributed by atoms with Gasteiger partial charge in [0.1, 0.15) is 5.41 Å². The van der Waals surface area contributed by atoms with E-state index in [-0.39, 0.29) is 30.4 Å². The smallest absolute Gasteiger partial charge is 0.335 e. The predicted molar refractivity (Wildman–Crippen MR) is 161 cm³/mol. The number of fused-ring (bicyclic) bond motifs is 4. The van der Waals surface area contributed by atoms with Crippen molar-refractivity contribution in [2.24, 2.45) is 11.3 Å². The molecule has 0 unspecified atom stereocenters. The summed E-state index contributed by atoms with van der Waals surface area (Å²) in [5.41, 5.74) is 1.56. The highest BCUT2D eigenvalue weighted by molar-refractivity contribution is 6.30. The molecule has 10 nitrogen and oxygen atoms in total. The number of barbiturate groups is 1. The van der Waals surface area contributed by atoms with E-state index >= 15 is 0 Å². The zero-order chi connectivity index (χ0) is 30.3. The van der Waals surface area contributed by atoms with Crippen molar-refractivity contribution in [3.05, 3.63) is 87.8 Å². The molecule has 4 amide bonds. The van der Waals surface area contributed by atoms with E-state index in [1.165, 1.54) is 7.11 Å².